The lowest BCUT2D eigenvalue weighted by atomic mass is 10.2. The summed E-state index contributed by atoms with van der Waals surface area (Å²) in [6.45, 7) is 8.50. The summed E-state index contributed by atoms with van der Waals surface area (Å²) in [6.07, 6.45) is 2.21. The molecule has 1 heterocycles. The molecule has 184 valence electrons. The molecule has 7 nitrogen and oxygen atoms in total. The van der Waals surface area contributed by atoms with Crippen molar-refractivity contribution in [2.75, 3.05) is 59.5 Å². The third kappa shape index (κ3) is 10.5. The molecular weight excluding hydrogens is 531 g/mol. The highest BCUT2D eigenvalue weighted by Crippen LogP contribution is 2.33. The molecule has 1 aromatic carbocycles. The SMILES string of the molecule is CCNC(=NCc1cccc(OCC)c1OC(F)F)NCCCN1CCCN(C)CC1.I. The van der Waals surface area contributed by atoms with E-state index in [-0.39, 0.29) is 36.3 Å². The van der Waals surface area contributed by atoms with Gasteiger partial charge in [-0.15, -0.1) is 24.0 Å². The highest BCUT2D eigenvalue weighted by Gasteiger charge is 2.16. The van der Waals surface area contributed by atoms with Gasteiger partial charge in [-0.2, -0.15) is 8.78 Å². The van der Waals surface area contributed by atoms with E-state index in [1.165, 1.54) is 6.42 Å². The number of para-hydroxylation sites is 1. The first-order valence-corrected chi connectivity index (χ1v) is 11.2. The van der Waals surface area contributed by atoms with E-state index in [9.17, 15) is 8.78 Å². The van der Waals surface area contributed by atoms with Crippen LogP contribution in [0, 0.1) is 0 Å². The van der Waals surface area contributed by atoms with Crippen LogP contribution in [0.25, 0.3) is 0 Å². The fourth-order valence-electron chi connectivity index (χ4n) is 3.52. The van der Waals surface area contributed by atoms with E-state index >= 15 is 0 Å². The van der Waals surface area contributed by atoms with Crippen molar-refractivity contribution in [2.45, 2.75) is 39.8 Å². The van der Waals surface area contributed by atoms with E-state index in [0.717, 1.165) is 45.7 Å². The number of hydrogen-bond acceptors (Lipinski definition) is 5. The minimum Gasteiger partial charge on any atom is -0.490 e. The zero-order chi connectivity index (χ0) is 22.5. The molecule has 0 spiro atoms. The summed E-state index contributed by atoms with van der Waals surface area (Å²) in [5.74, 6) is 1.00. The van der Waals surface area contributed by atoms with Crippen molar-refractivity contribution in [1.29, 1.82) is 0 Å². The van der Waals surface area contributed by atoms with E-state index in [2.05, 4.69) is 32.5 Å². The fourth-order valence-corrected chi connectivity index (χ4v) is 3.52. The van der Waals surface area contributed by atoms with Crippen molar-refractivity contribution < 1.29 is 18.3 Å². The molecule has 0 aromatic heterocycles. The molecule has 0 unspecified atom stereocenters. The lowest BCUT2D eigenvalue weighted by Crippen LogP contribution is -2.39. The number of halogens is 3. The standard InChI is InChI=1S/C22H37F2N5O2.HI/c1-4-25-22(26-11-7-13-29-14-8-12-28(3)15-16-29)27-17-18-9-6-10-19(30-5-2)20(18)31-21(23)24;/h6,9-10,21H,4-5,7-8,11-17H2,1-3H3,(H2,25,26,27);1H. The number of benzene rings is 1. The topological polar surface area (TPSA) is 61.4 Å². The van der Waals surface area contributed by atoms with Crippen molar-refractivity contribution in [1.82, 2.24) is 20.4 Å². The van der Waals surface area contributed by atoms with Crippen molar-refractivity contribution >= 4 is 29.9 Å². The summed E-state index contributed by atoms with van der Waals surface area (Å²) >= 11 is 0. The zero-order valence-electron chi connectivity index (χ0n) is 19.4. The van der Waals surface area contributed by atoms with Gasteiger partial charge in [0.1, 0.15) is 0 Å². The first-order valence-electron chi connectivity index (χ1n) is 11.2. The number of ether oxygens (including phenoxy) is 2. The predicted octanol–water partition coefficient (Wildman–Crippen LogP) is 3.39. The van der Waals surface area contributed by atoms with Gasteiger partial charge >= 0.3 is 6.61 Å². The van der Waals surface area contributed by atoms with Gasteiger partial charge in [0.15, 0.2) is 17.5 Å². The van der Waals surface area contributed by atoms with Crippen LogP contribution in [0.3, 0.4) is 0 Å². The summed E-state index contributed by atoms with van der Waals surface area (Å²) in [7, 11) is 2.17. The normalized spacial score (nSPS) is 15.8. The largest absolute Gasteiger partial charge is 0.490 e. The molecule has 1 aliphatic heterocycles. The lowest BCUT2D eigenvalue weighted by molar-refractivity contribution is -0.0520. The van der Waals surface area contributed by atoms with Gasteiger partial charge in [0.05, 0.1) is 13.2 Å². The second-order valence-electron chi connectivity index (χ2n) is 7.53. The fraction of sp³-hybridized carbons (Fsp3) is 0.682. The molecule has 0 radical (unpaired) electrons. The maximum atomic E-state index is 12.9. The van der Waals surface area contributed by atoms with Crippen molar-refractivity contribution in [3.63, 3.8) is 0 Å². The monoisotopic (exact) mass is 569 g/mol. The Morgan fingerprint density at radius 3 is 2.69 bits per heavy atom. The summed E-state index contributed by atoms with van der Waals surface area (Å²) in [5.41, 5.74) is 0.553. The highest BCUT2D eigenvalue weighted by molar-refractivity contribution is 14.0. The quantitative estimate of drug-likeness (QED) is 0.185. The average Bonchev–Trinajstić information content (AvgIpc) is 2.95. The number of hydrogen-bond donors (Lipinski definition) is 2. The van der Waals surface area contributed by atoms with Gasteiger partial charge in [-0.25, -0.2) is 4.99 Å². The molecule has 0 aliphatic carbocycles. The molecule has 2 rings (SSSR count). The minimum absolute atomic E-state index is 0. The van der Waals surface area contributed by atoms with Crippen LogP contribution < -0.4 is 20.1 Å². The summed E-state index contributed by atoms with van der Waals surface area (Å²) < 4.78 is 36.0. The van der Waals surface area contributed by atoms with Gasteiger partial charge in [-0.05, 0) is 59.4 Å². The Labute approximate surface area is 207 Å². The van der Waals surface area contributed by atoms with Crippen LogP contribution in [0.1, 0.15) is 32.3 Å². The van der Waals surface area contributed by atoms with E-state index in [4.69, 9.17) is 9.47 Å². The Morgan fingerprint density at radius 1 is 1.16 bits per heavy atom. The maximum Gasteiger partial charge on any atom is 0.387 e. The molecule has 0 amide bonds. The van der Waals surface area contributed by atoms with Crippen LogP contribution in [0.2, 0.25) is 0 Å². The van der Waals surface area contributed by atoms with E-state index in [1.807, 2.05) is 6.92 Å². The van der Waals surface area contributed by atoms with Crippen LogP contribution in [0.4, 0.5) is 8.78 Å². The van der Waals surface area contributed by atoms with Gasteiger partial charge in [-0.3, -0.25) is 0 Å². The molecule has 1 saturated heterocycles. The Hall–Kier alpha value is -1.40. The molecule has 10 heteroatoms. The zero-order valence-corrected chi connectivity index (χ0v) is 21.7. The Bertz CT molecular complexity index is 682. The molecular formula is C22H38F2IN5O2. The summed E-state index contributed by atoms with van der Waals surface area (Å²) in [6, 6.07) is 5.11. The summed E-state index contributed by atoms with van der Waals surface area (Å²) in [4.78, 5) is 9.43. The van der Waals surface area contributed by atoms with E-state index in [0.29, 0.717) is 30.4 Å². The molecule has 1 fully saturated rings. The number of nitrogens with zero attached hydrogens (tertiary/aromatic N) is 3. The van der Waals surface area contributed by atoms with Crippen LogP contribution in [-0.4, -0.2) is 81.8 Å². The number of alkyl halides is 2. The first-order chi connectivity index (χ1) is 15.0. The van der Waals surface area contributed by atoms with Crippen LogP contribution in [0.5, 0.6) is 11.5 Å². The molecule has 0 atom stereocenters. The smallest absolute Gasteiger partial charge is 0.387 e. The van der Waals surface area contributed by atoms with Gasteiger partial charge in [0.2, 0.25) is 0 Å². The third-order valence-corrected chi connectivity index (χ3v) is 5.07. The number of aliphatic imine (C=N–C) groups is 1. The summed E-state index contributed by atoms with van der Waals surface area (Å²) in [5, 5.41) is 6.54. The number of guanidine groups is 1. The second kappa shape index (κ2) is 16.2. The van der Waals surface area contributed by atoms with Crippen LogP contribution in [-0.2, 0) is 6.54 Å². The minimum atomic E-state index is -2.92. The maximum absolute atomic E-state index is 12.9. The van der Waals surface area contributed by atoms with Gasteiger partial charge in [0.25, 0.3) is 0 Å². The van der Waals surface area contributed by atoms with Crippen LogP contribution >= 0.6 is 24.0 Å². The molecule has 1 aliphatic rings. The van der Waals surface area contributed by atoms with Gasteiger partial charge in [-0.1, -0.05) is 12.1 Å². The molecule has 0 saturated carbocycles. The number of nitrogens with one attached hydrogen (secondary N) is 2. The predicted molar refractivity (Wildman–Crippen MR) is 136 cm³/mol. The Balaban J connectivity index is 0.00000512. The Kier molecular flexibility index (Phi) is 14.5. The average molecular weight is 569 g/mol. The molecule has 1 aromatic rings. The molecule has 0 bridgehead atoms. The third-order valence-electron chi connectivity index (χ3n) is 5.07. The van der Waals surface area contributed by atoms with Crippen LogP contribution in [0.15, 0.2) is 23.2 Å². The van der Waals surface area contributed by atoms with Gasteiger partial charge < -0.3 is 29.9 Å². The van der Waals surface area contributed by atoms with Crippen molar-refractivity contribution in [2.24, 2.45) is 4.99 Å². The number of likely N-dealkylation sites (N-methyl/N-ethyl adjacent to an activating group) is 1. The van der Waals surface area contributed by atoms with Gasteiger partial charge in [0, 0.05) is 31.7 Å². The highest BCUT2D eigenvalue weighted by atomic mass is 127. The van der Waals surface area contributed by atoms with Crippen molar-refractivity contribution in [3.8, 4) is 11.5 Å². The first kappa shape index (κ1) is 28.6. The molecule has 2 N–H and O–H groups in total. The Morgan fingerprint density at radius 2 is 1.97 bits per heavy atom. The van der Waals surface area contributed by atoms with Crippen molar-refractivity contribution in [3.05, 3.63) is 23.8 Å². The second-order valence-corrected chi connectivity index (χ2v) is 7.53. The van der Waals surface area contributed by atoms with E-state index < -0.39 is 6.61 Å². The molecule has 32 heavy (non-hydrogen) atoms. The van der Waals surface area contributed by atoms with E-state index in [1.54, 1.807) is 25.1 Å². The number of rotatable bonds is 11. The lowest BCUT2D eigenvalue weighted by Gasteiger charge is -2.20.